The second-order valence-electron chi connectivity index (χ2n) is 18.7. The van der Waals surface area contributed by atoms with Gasteiger partial charge in [0.25, 0.3) is 0 Å². The van der Waals surface area contributed by atoms with Crippen LogP contribution in [0.4, 0.5) is 21.9 Å². The number of rotatable bonds is 26. The summed E-state index contributed by atoms with van der Waals surface area (Å²) in [7, 11) is -4.34. The Labute approximate surface area is 403 Å². The van der Waals surface area contributed by atoms with Crippen molar-refractivity contribution in [3.05, 3.63) is 125 Å². The van der Waals surface area contributed by atoms with Crippen LogP contribution in [0.1, 0.15) is 110 Å². The Morgan fingerprint density at radius 2 is 1.24 bits per heavy atom. The number of carbonyl (C=O) groups is 4. The van der Waals surface area contributed by atoms with Gasteiger partial charge >= 0.3 is 25.8 Å². The van der Waals surface area contributed by atoms with Gasteiger partial charge in [0.1, 0.15) is 12.1 Å². The summed E-state index contributed by atoms with van der Waals surface area (Å²) < 4.78 is 42.7. The van der Waals surface area contributed by atoms with E-state index in [4.69, 9.17) is 23.0 Å². The Bertz CT molecular complexity index is 2200. The highest BCUT2D eigenvalue weighted by molar-refractivity contribution is 7.48. The van der Waals surface area contributed by atoms with Crippen LogP contribution in [0.2, 0.25) is 0 Å². The number of carbonyl (C=O) groups excluding carboxylic acids is 4. The van der Waals surface area contributed by atoms with Gasteiger partial charge in [0.15, 0.2) is 0 Å². The molecule has 14 nitrogen and oxygen atoms in total. The van der Waals surface area contributed by atoms with Gasteiger partial charge in [-0.1, -0.05) is 147 Å². The number of phosphoric acid groups is 1. The molecule has 3 amide bonds. The van der Waals surface area contributed by atoms with Crippen LogP contribution in [0.15, 0.2) is 103 Å². The summed E-state index contributed by atoms with van der Waals surface area (Å²) in [6.07, 6.45) is -2.12. The first-order chi connectivity index (χ1) is 32.2. The van der Waals surface area contributed by atoms with Crippen molar-refractivity contribution in [2.45, 2.75) is 127 Å². The number of ether oxygens (including phenoxy) is 2. The molecule has 0 aliphatic rings. The van der Waals surface area contributed by atoms with Gasteiger partial charge in [0, 0.05) is 24.7 Å². The van der Waals surface area contributed by atoms with Gasteiger partial charge in [-0.15, -0.1) is 0 Å². The number of amides is 3. The van der Waals surface area contributed by atoms with Gasteiger partial charge in [-0.2, -0.15) is 0 Å². The predicted molar refractivity (Wildman–Crippen MR) is 268 cm³/mol. The van der Waals surface area contributed by atoms with Crippen LogP contribution >= 0.6 is 7.82 Å². The van der Waals surface area contributed by atoms with Gasteiger partial charge in [0.05, 0.1) is 31.0 Å². The topological polar surface area (TPSA) is 171 Å². The normalized spacial score (nSPS) is 13.5. The second kappa shape index (κ2) is 26.9. The van der Waals surface area contributed by atoms with E-state index in [0.29, 0.717) is 40.8 Å². The lowest BCUT2D eigenvalue weighted by molar-refractivity contribution is -0.198. The number of aryl methyl sites for hydroxylation is 1. The minimum absolute atomic E-state index is 0.0364. The fourth-order valence-electron chi connectivity index (χ4n) is 7.18. The van der Waals surface area contributed by atoms with E-state index in [9.17, 15) is 23.7 Å². The molecule has 68 heavy (non-hydrogen) atoms. The van der Waals surface area contributed by atoms with E-state index in [1.54, 1.807) is 52.0 Å². The molecule has 0 fully saturated rings. The number of benzene rings is 4. The number of hydrogen-bond donors (Lipinski definition) is 3. The van der Waals surface area contributed by atoms with Crippen LogP contribution in [0.5, 0.6) is 0 Å². The fourth-order valence-corrected chi connectivity index (χ4v) is 8.48. The molecule has 4 aromatic carbocycles. The molecule has 3 unspecified atom stereocenters. The zero-order valence-corrected chi connectivity index (χ0v) is 42.5. The molecule has 370 valence electrons. The van der Waals surface area contributed by atoms with Crippen molar-refractivity contribution in [2.24, 2.45) is 23.7 Å². The number of urea groups is 1. The molecule has 0 spiro atoms. The summed E-state index contributed by atoms with van der Waals surface area (Å²) in [4.78, 5) is 56.9. The lowest BCUT2D eigenvalue weighted by Crippen LogP contribution is -2.50. The van der Waals surface area contributed by atoms with Gasteiger partial charge < -0.3 is 30.3 Å². The van der Waals surface area contributed by atoms with E-state index in [2.05, 4.69) is 48.5 Å². The Hall–Kier alpha value is -5.53. The van der Waals surface area contributed by atoms with Crippen LogP contribution < -0.4 is 20.9 Å². The maximum atomic E-state index is 14.0. The third-order valence-electron chi connectivity index (χ3n) is 10.8. The molecular formula is C53H73N4O10P. The summed E-state index contributed by atoms with van der Waals surface area (Å²) in [6, 6.07) is 30.0. The monoisotopic (exact) mass is 957 g/mol. The molecule has 0 bridgehead atoms. The van der Waals surface area contributed by atoms with E-state index < -0.39 is 62.0 Å². The number of nitrogens with one attached hydrogen (secondary N) is 3. The minimum atomic E-state index is -4.34. The Balaban J connectivity index is 1.46. The van der Waals surface area contributed by atoms with Crippen LogP contribution in [0.25, 0.3) is 0 Å². The quantitative estimate of drug-likeness (QED) is 0.0311. The molecule has 0 saturated carbocycles. The zero-order chi connectivity index (χ0) is 50.0. The van der Waals surface area contributed by atoms with Crippen molar-refractivity contribution in [1.29, 1.82) is 0 Å². The van der Waals surface area contributed by atoms with Crippen LogP contribution in [0, 0.1) is 30.6 Å². The molecule has 0 saturated heterocycles. The van der Waals surface area contributed by atoms with Crippen molar-refractivity contribution in [1.82, 2.24) is 5.32 Å². The summed E-state index contributed by atoms with van der Waals surface area (Å²) in [5.74, 6) is -2.69. The van der Waals surface area contributed by atoms with Crippen LogP contribution in [-0.2, 0) is 55.2 Å². The Morgan fingerprint density at radius 3 is 1.74 bits per heavy atom. The number of hydrogen-bond acceptors (Lipinski definition) is 11. The van der Waals surface area contributed by atoms with E-state index in [1.165, 1.54) is 6.92 Å². The molecule has 3 N–H and O–H groups in total. The first-order valence-corrected chi connectivity index (χ1v) is 25.1. The molecule has 4 rings (SSSR count). The summed E-state index contributed by atoms with van der Waals surface area (Å²) in [5.41, 5.74) is 5.47. The fraction of sp³-hybridized carbons (Fsp3) is 0.472. The molecule has 4 atom stereocenters. The zero-order valence-electron chi connectivity index (χ0n) is 41.7. The van der Waals surface area contributed by atoms with Gasteiger partial charge in [-0.3, -0.25) is 23.2 Å². The van der Waals surface area contributed by atoms with Crippen molar-refractivity contribution in [3.8, 4) is 0 Å². The summed E-state index contributed by atoms with van der Waals surface area (Å²) in [6.45, 7) is 22.2. The van der Waals surface area contributed by atoms with Gasteiger partial charge in [0.2, 0.25) is 12.2 Å². The van der Waals surface area contributed by atoms with Crippen LogP contribution in [0.3, 0.4) is 0 Å². The first-order valence-electron chi connectivity index (χ1n) is 23.6. The molecule has 0 aliphatic carbocycles. The molecule has 0 aliphatic heterocycles. The van der Waals surface area contributed by atoms with E-state index in [0.717, 1.165) is 29.9 Å². The standard InChI is InChI=1S/C53H73N4O10P/c1-12-43(44-25-28-47(57(31-35(2)3)32-36(4)5)46(29-44)55-53(61)54-45-26-23-39(10)24-27-45)30-48(58)65-52(38(8)9)66-51(60)49(37(6)7)56-50(59)40(11)67-68(62,63-33-41-19-15-13-16-20-41)64-34-42-21-17-14-18-22-42/h13-29,35-38,40,43,49,52H,12,30-34H2,1-11H3,(H,56,59)(H2,54,55,61)/t40?,43-,49?,52?/m0/s1. The number of esters is 2. The maximum Gasteiger partial charge on any atom is 0.476 e. The smallest absolute Gasteiger partial charge is 0.425 e. The highest BCUT2D eigenvalue weighted by Gasteiger charge is 2.36. The van der Waals surface area contributed by atoms with E-state index in [1.807, 2.05) is 92.7 Å². The van der Waals surface area contributed by atoms with Crippen molar-refractivity contribution >= 4 is 48.8 Å². The number of anilines is 3. The third kappa shape index (κ3) is 18.2. The Morgan fingerprint density at radius 1 is 0.676 bits per heavy atom. The van der Waals surface area contributed by atoms with E-state index in [-0.39, 0.29) is 25.6 Å². The lowest BCUT2D eigenvalue weighted by atomic mass is 9.92. The highest BCUT2D eigenvalue weighted by Crippen LogP contribution is 2.52. The maximum absolute atomic E-state index is 14.0. The number of nitrogens with zero attached hydrogens (tertiary/aromatic N) is 1. The van der Waals surface area contributed by atoms with Gasteiger partial charge in [-0.25, -0.2) is 14.2 Å². The first kappa shape index (κ1) is 55.1. The predicted octanol–water partition coefficient (Wildman–Crippen LogP) is 11.8. The molecular weight excluding hydrogens is 884 g/mol. The summed E-state index contributed by atoms with van der Waals surface area (Å²) >= 11 is 0. The third-order valence-corrected chi connectivity index (χ3v) is 12.3. The summed E-state index contributed by atoms with van der Waals surface area (Å²) in [5, 5.41) is 8.68. The SMILES string of the molecule is CC[C@@H](CC(=O)OC(OC(=O)C(NC(=O)C(C)OP(=O)(OCc1ccccc1)OCc1ccccc1)C(C)C)C(C)C)c1ccc(N(CC(C)C)CC(C)C)c(NC(=O)Nc2ccc(C)cc2)c1. The van der Waals surface area contributed by atoms with Crippen molar-refractivity contribution in [3.63, 3.8) is 0 Å². The minimum Gasteiger partial charge on any atom is -0.425 e. The second-order valence-corrected chi connectivity index (χ2v) is 20.3. The average molecular weight is 957 g/mol. The van der Waals surface area contributed by atoms with E-state index >= 15 is 0 Å². The largest absolute Gasteiger partial charge is 0.476 e. The average Bonchev–Trinajstić information content (AvgIpc) is 3.29. The molecule has 0 heterocycles. The van der Waals surface area contributed by atoms with Crippen LogP contribution in [-0.4, -0.2) is 55.4 Å². The highest BCUT2D eigenvalue weighted by atomic mass is 31.2. The molecule has 0 radical (unpaired) electrons. The molecule has 0 aromatic heterocycles. The van der Waals surface area contributed by atoms with Gasteiger partial charge in [-0.05, 0) is 84.9 Å². The van der Waals surface area contributed by atoms with Crippen molar-refractivity contribution < 1.29 is 46.8 Å². The number of phosphoric ester groups is 1. The molecule has 15 heteroatoms. The van der Waals surface area contributed by atoms with Crippen molar-refractivity contribution in [2.75, 3.05) is 28.6 Å². The molecule has 4 aromatic rings. The lowest BCUT2D eigenvalue weighted by Gasteiger charge is -2.31. The Kier molecular flexibility index (Phi) is 21.8.